The third-order valence-electron chi connectivity index (χ3n) is 4.09. The van der Waals surface area contributed by atoms with E-state index >= 15 is 0 Å². The molecule has 2 heterocycles. The molecule has 0 amide bonds. The Labute approximate surface area is 137 Å². The van der Waals surface area contributed by atoms with E-state index in [0.717, 1.165) is 49.0 Å². The average Bonchev–Trinajstić information content (AvgIpc) is 2.77. The van der Waals surface area contributed by atoms with E-state index in [9.17, 15) is 0 Å². The first kappa shape index (κ1) is 15.5. The van der Waals surface area contributed by atoms with Crippen molar-refractivity contribution in [2.75, 3.05) is 26.2 Å². The van der Waals surface area contributed by atoms with Gasteiger partial charge >= 0.3 is 0 Å². The molecule has 1 aromatic heterocycles. The number of nitrogens with one attached hydrogen (secondary N) is 1. The third-order valence-corrected chi connectivity index (χ3v) is 4.33. The second-order valence-corrected chi connectivity index (χ2v) is 6.24. The van der Waals surface area contributed by atoms with Gasteiger partial charge in [-0.2, -0.15) is 0 Å². The van der Waals surface area contributed by atoms with Crippen molar-refractivity contribution in [3.05, 3.63) is 64.4 Å². The maximum atomic E-state index is 6.23. The molecule has 0 aliphatic carbocycles. The van der Waals surface area contributed by atoms with E-state index in [1.165, 1.54) is 5.56 Å². The molecule has 2 aromatic rings. The van der Waals surface area contributed by atoms with Crippen LogP contribution in [0.5, 0.6) is 0 Å². The normalized spacial score (nSPS) is 17.9. The number of hydrogen-bond acceptors (Lipinski definition) is 3. The molecule has 0 spiro atoms. The number of nitrogens with zero attached hydrogens (tertiary/aromatic N) is 2. The molecule has 1 saturated heterocycles. The maximum absolute atomic E-state index is 6.23. The van der Waals surface area contributed by atoms with Gasteiger partial charge in [0.05, 0.1) is 11.7 Å². The van der Waals surface area contributed by atoms with Crippen molar-refractivity contribution in [1.82, 2.24) is 15.2 Å². The number of hydrogen-bond donors (Lipinski definition) is 1. The van der Waals surface area contributed by atoms with Crippen LogP contribution in [-0.2, 0) is 0 Å². The lowest BCUT2D eigenvalue weighted by molar-refractivity contribution is 0.237. The molecule has 0 radical (unpaired) electrons. The van der Waals surface area contributed by atoms with Crippen LogP contribution < -0.4 is 5.32 Å². The van der Waals surface area contributed by atoms with Crippen LogP contribution in [0.15, 0.2) is 42.5 Å². The van der Waals surface area contributed by atoms with E-state index in [4.69, 9.17) is 16.6 Å². The van der Waals surface area contributed by atoms with Gasteiger partial charge in [0.1, 0.15) is 0 Å². The van der Waals surface area contributed by atoms with Crippen molar-refractivity contribution in [2.24, 2.45) is 0 Å². The zero-order chi connectivity index (χ0) is 15.4. The van der Waals surface area contributed by atoms with Crippen LogP contribution in [0.2, 0.25) is 5.02 Å². The molecular weight excluding hydrogens is 294 g/mol. The van der Waals surface area contributed by atoms with Crippen molar-refractivity contribution in [3.8, 4) is 0 Å². The molecule has 0 bridgehead atoms. The molecule has 3 rings (SSSR count). The van der Waals surface area contributed by atoms with Gasteiger partial charge in [-0.1, -0.05) is 29.8 Å². The van der Waals surface area contributed by atoms with Gasteiger partial charge in [0.15, 0.2) is 0 Å². The van der Waals surface area contributed by atoms with Gasteiger partial charge < -0.3 is 5.32 Å². The Morgan fingerprint density at radius 3 is 2.82 bits per heavy atom. The topological polar surface area (TPSA) is 28.2 Å². The van der Waals surface area contributed by atoms with E-state index in [-0.39, 0.29) is 6.04 Å². The van der Waals surface area contributed by atoms with Crippen LogP contribution in [-0.4, -0.2) is 36.1 Å². The fraction of sp³-hybridized carbons (Fsp3) is 0.389. The predicted molar refractivity (Wildman–Crippen MR) is 91.3 cm³/mol. The highest BCUT2D eigenvalue weighted by Crippen LogP contribution is 2.29. The van der Waals surface area contributed by atoms with E-state index in [2.05, 4.69) is 34.5 Å². The number of benzene rings is 1. The standard InChI is InChI=1S/C18H22ClN3/c1-14-5-2-8-17(21-14)18(15-6-3-7-16(19)13-15)22-11-4-9-20-10-12-22/h2-3,5-8,13,18,20H,4,9-12H2,1H3. The molecule has 1 aromatic carbocycles. The van der Waals surface area contributed by atoms with Crippen LogP contribution in [0.1, 0.15) is 29.4 Å². The molecule has 1 N–H and O–H groups in total. The monoisotopic (exact) mass is 315 g/mol. The smallest absolute Gasteiger partial charge is 0.0777 e. The predicted octanol–water partition coefficient (Wildman–Crippen LogP) is 3.43. The third kappa shape index (κ3) is 3.67. The second kappa shape index (κ2) is 7.23. The first-order valence-corrected chi connectivity index (χ1v) is 8.25. The van der Waals surface area contributed by atoms with E-state index < -0.39 is 0 Å². The highest BCUT2D eigenvalue weighted by Gasteiger charge is 2.24. The van der Waals surface area contributed by atoms with Gasteiger partial charge in [-0.05, 0) is 49.7 Å². The minimum atomic E-state index is 0.165. The average molecular weight is 316 g/mol. The fourth-order valence-electron chi connectivity index (χ4n) is 3.09. The highest BCUT2D eigenvalue weighted by molar-refractivity contribution is 6.30. The number of rotatable bonds is 3. The Morgan fingerprint density at radius 2 is 2.00 bits per heavy atom. The van der Waals surface area contributed by atoms with Gasteiger partial charge in [-0.15, -0.1) is 0 Å². The van der Waals surface area contributed by atoms with Crippen LogP contribution in [0.3, 0.4) is 0 Å². The Hall–Kier alpha value is -1.42. The van der Waals surface area contributed by atoms with E-state index in [1.807, 2.05) is 25.1 Å². The Balaban J connectivity index is 2.01. The molecule has 22 heavy (non-hydrogen) atoms. The number of aromatic nitrogens is 1. The summed E-state index contributed by atoms with van der Waals surface area (Å²) in [7, 11) is 0. The van der Waals surface area contributed by atoms with Crippen molar-refractivity contribution in [3.63, 3.8) is 0 Å². The molecule has 1 unspecified atom stereocenters. The minimum absolute atomic E-state index is 0.165. The largest absolute Gasteiger partial charge is 0.315 e. The van der Waals surface area contributed by atoms with Gasteiger partial charge in [0.25, 0.3) is 0 Å². The summed E-state index contributed by atoms with van der Waals surface area (Å²) in [5.74, 6) is 0. The SMILES string of the molecule is Cc1cccc(C(c2cccc(Cl)c2)N2CCCNCC2)n1. The summed E-state index contributed by atoms with van der Waals surface area (Å²) >= 11 is 6.23. The van der Waals surface area contributed by atoms with Crippen molar-refractivity contribution in [1.29, 1.82) is 0 Å². The first-order valence-electron chi connectivity index (χ1n) is 7.88. The Bertz CT molecular complexity index is 576. The Morgan fingerprint density at radius 1 is 1.14 bits per heavy atom. The molecule has 116 valence electrons. The summed E-state index contributed by atoms with van der Waals surface area (Å²) in [6.07, 6.45) is 1.16. The molecule has 1 aliphatic heterocycles. The van der Waals surface area contributed by atoms with Gasteiger partial charge in [0, 0.05) is 30.4 Å². The first-order chi connectivity index (χ1) is 10.7. The van der Waals surface area contributed by atoms with Crippen molar-refractivity contribution >= 4 is 11.6 Å². The molecule has 1 aliphatic rings. The minimum Gasteiger partial charge on any atom is -0.315 e. The van der Waals surface area contributed by atoms with Gasteiger partial charge in [-0.3, -0.25) is 9.88 Å². The van der Waals surface area contributed by atoms with Crippen LogP contribution in [0, 0.1) is 6.92 Å². The summed E-state index contributed by atoms with van der Waals surface area (Å²) < 4.78 is 0. The molecule has 3 nitrogen and oxygen atoms in total. The summed E-state index contributed by atoms with van der Waals surface area (Å²) in [6.45, 7) is 6.23. The maximum Gasteiger partial charge on any atom is 0.0777 e. The zero-order valence-electron chi connectivity index (χ0n) is 12.9. The lowest BCUT2D eigenvalue weighted by Gasteiger charge is -2.30. The van der Waals surface area contributed by atoms with Crippen molar-refractivity contribution < 1.29 is 0 Å². The molecule has 0 saturated carbocycles. The van der Waals surface area contributed by atoms with E-state index in [0.29, 0.717) is 0 Å². The number of halogens is 1. The van der Waals surface area contributed by atoms with Crippen LogP contribution >= 0.6 is 11.6 Å². The summed E-state index contributed by atoms with van der Waals surface area (Å²) in [6, 6.07) is 14.6. The lowest BCUT2D eigenvalue weighted by atomic mass is 10.0. The number of aryl methyl sites for hydroxylation is 1. The second-order valence-electron chi connectivity index (χ2n) is 5.80. The van der Waals surface area contributed by atoms with Gasteiger partial charge in [-0.25, -0.2) is 0 Å². The molecular formula is C18H22ClN3. The molecule has 1 atom stereocenters. The van der Waals surface area contributed by atoms with E-state index in [1.54, 1.807) is 0 Å². The zero-order valence-corrected chi connectivity index (χ0v) is 13.7. The number of pyridine rings is 1. The fourth-order valence-corrected chi connectivity index (χ4v) is 3.29. The summed E-state index contributed by atoms with van der Waals surface area (Å²) in [4.78, 5) is 7.29. The van der Waals surface area contributed by atoms with Crippen LogP contribution in [0.4, 0.5) is 0 Å². The highest BCUT2D eigenvalue weighted by atomic mass is 35.5. The Kier molecular flexibility index (Phi) is 5.08. The lowest BCUT2D eigenvalue weighted by Crippen LogP contribution is -2.33. The molecule has 4 heteroatoms. The summed E-state index contributed by atoms with van der Waals surface area (Å²) in [5.41, 5.74) is 3.37. The van der Waals surface area contributed by atoms with Gasteiger partial charge in [0.2, 0.25) is 0 Å². The summed E-state index contributed by atoms with van der Waals surface area (Å²) in [5, 5.41) is 4.25. The van der Waals surface area contributed by atoms with Crippen molar-refractivity contribution in [2.45, 2.75) is 19.4 Å². The molecule has 1 fully saturated rings. The van der Waals surface area contributed by atoms with Crippen LogP contribution in [0.25, 0.3) is 0 Å². The quantitative estimate of drug-likeness (QED) is 0.940.